The first kappa shape index (κ1) is 13.2. The van der Waals surface area contributed by atoms with Crippen LogP contribution in [0.3, 0.4) is 0 Å². The van der Waals surface area contributed by atoms with Crippen LogP contribution >= 0.6 is 0 Å². The summed E-state index contributed by atoms with van der Waals surface area (Å²) in [6.45, 7) is 2.77. The Morgan fingerprint density at radius 2 is 2.06 bits per heavy atom. The highest BCUT2D eigenvalue weighted by Gasteiger charge is 2.10. The first-order chi connectivity index (χ1) is 7.45. The lowest BCUT2D eigenvalue weighted by Crippen LogP contribution is -2.03. The lowest BCUT2D eigenvalue weighted by atomic mass is 9.96. The molecule has 0 aliphatic rings. The van der Waals surface area contributed by atoms with Gasteiger partial charge in [0, 0.05) is 6.26 Å². The van der Waals surface area contributed by atoms with Crippen LogP contribution in [0.5, 0.6) is 0 Å². The van der Waals surface area contributed by atoms with E-state index in [0.29, 0.717) is 17.4 Å². The summed E-state index contributed by atoms with van der Waals surface area (Å²) in [4.78, 5) is 0.393. The minimum atomic E-state index is -3.10. The fraction of sp³-hybridized carbons (Fsp3) is 0.500. The average molecular weight is 241 g/mol. The van der Waals surface area contributed by atoms with Gasteiger partial charge < -0.3 is 5.73 Å². The Labute approximate surface area is 97.6 Å². The third-order valence-electron chi connectivity index (χ3n) is 2.70. The van der Waals surface area contributed by atoms with Crippen LogP contribution in [-0.2, 0) is 9.84 Å². The third-order valence-corrected chi connectivity index (χ3v) is 3.81. The van der Waals surface area contributed by atoms with Gasteiger partial charge in [0.15, 0.2) is 9.84 Å². The largest absolute Gasteiger partial charge is 0.330 e. The van der Waals surface area contributed by atoms with Crippen molar-refractivity contribution in [3.63, 3.8) is 0 Å². The molecular weight excluding hydrogens is 222 g/mol. The van der Waals surface area contributed by atoms with E-state index in [0.717, 1.165) is 18.4 Å². The second-order valence-corrected chi connectivity index (χ2v) is 6.19. The first-order valence-corrected chi connectivity index (χ1v) is 7.34. The molecule has 0 spiro atoms. The van der Waals surface area contributed by atoms with E-state index in [-0.39, 0.29) is 0 Å². The van der Waals surface area contributed by atoms with Crippen molar-refractivity contribution in [1.82, 2.24) is 0 Å². The second kappa shape index (κ2) is 5.46. The van der Waals surface area contributed by atoms with Gasteiger partial charge in [-0.05, 0) is 43.0 Å². The molecule has 1 rings (SSSR count). The number of benzene rings is 1. The van der Waals surface area contributed by atoms with E-state index in [1.165, 1.54) is 6.26 Å². The van der Waals surface area contributed by atoms with Gasteiger partial charge >= 0.3 is 0 Å². The highest BCUT2D eigenvalue weighted by molar-refractivity contribution is 7.90. The van der Waals surface area contributed by atoms with Crippen molar-refractivity contribution in [3.05, 3.63) is 29.8 Å². The Morgan fingerprint density at radius 3 is 2.62 bits per heavy atom. The van der Waals surface area contributed by atoms with Gasteiger partial charge in [-0.15, -0.1) is 0 Å². The number of hydrogen-bond acceptors (Lipinski definition) is 3. The lowest BCUT2D eigenvalue weighted by Gasteiger charge is -2.12. The summed E-state index contributed by atoms with van der Waals surface area (Å²) in [5, 5.41) is 0. The van der Waals surface area contributed by atoms with E-state index < -0.39 is 9.84 Å². The summed E-state index contributed by atoms with van der Waals surface area (Å²) in [6, 6.07) is 7.16. The SMILES string of the molecule is CC(CCCN)c1cccc(S(C)(=O)=O)c1. The zero-order valence-corrected chi connectivity index (χ0v) is 10.6. The van der Waals surface area contributed by atoms with Gasteiger partial charge in [-0.2, -0.15) is 0 Å². The Hall–Kier alpha value is -0.870. The average Bonchev–Trinajstić information content (AvgIpc) is 2.25. The predicted molar refractivity (Wildman–Crippen MR) is 66.3 cm³/mol. The van der Waals surface area contributed by atoms with Gasteiger partial charge in [0.25, 0.3) is 0 Å². The normalized spacial score (nSPS) is 13.7. The number of sulfone groups is 1. The van der Waals surface area contributed by atoms with Crippen molar-refractivity contribution < 1.29 is 8.42 Å². The summed E-state index contributed by atoms with van der Waals surface area (Å²) < 4.78 is 22.8. The molecule has 90 valence electrons. The van der Waals surface area contributed by atoms with Crippen molar-refractivity contribution in [2.75, 3.05) is 12.8 Å². The Balaban J connectivity index is 2.90. The van der Waals surface area contributed by atoms with Gasteiger partial charge in [0.2, 0.25) is 0 Å². The van der Waals surface area contributed by atoms with Crippen LogP contribution in [0.4, 0.5) is 0 Å². The predicted octanol–water partition coefficient (Wildman–Crippen LogP) is 1.93. The molecule has 0 bridgehead atoms. The van der Waals surface area contributed by atoms with E-state index in [1.54, 1.807) is 18.2 Å². The van der Waals surface area contributed by atoms with Crippen molar-refractivity contribution >= 4 is 9.84 Å². The second-order valence-electron chi connectivity index (χ2n) is 4.18. The molecule has 1 atom stereocenters. The Kier molecular flexibility index (Phi) is 4.50. The Bertz CT molecular complexity index is 440. The van der Waals surface area contributed by atoms with Crippen molar-refractivity contribution in [2.24, 2.45) is 5.73 Å². The van der Waals surface area contributed by atoms with Crippen molar-refractivity contribution in [2.45, 2.75) is 30.6 Å². The molecule has 0 aromatic heterocycles. The highest BCUT2D eigenvalue weighted by atomic mass is 32.2. The number of nitrogens with two attached hydrogens (primary N) is 1. The van der Waals surface area contributed by atoms with Gasteiger partial charge in [-0.3, -0.25) is 0 Å². The molecule has 0 aliphatic carbocycles. The fourth-order valence-electron chi connectivity index (χ4n) is 1.64. The monoisotopic (exact) mass is 241 g/mol. The molecule has 0 saturated heterocycles. The van der Waals surface area contributed by atoms with E-state index in [4.69, 9.17) is 5.73 Å². The number of rotatable bonds is 5. The molecular formula is C12H19NO2S. The molecule has 3 nitrogen and oxygen atoms in total. The molecule has 0 heterocycles. The molecule has 1 aromatic carbocycles. The topological polar surface area (TPSA) is 60.2 Å². The van der Waals surface area contributed by atoms with Gasteiger partial charge in [-0.25, -0.2) is 8.42 Å². The van der Waals surface area contributed by atoms with Crippen molar-refractivity contribution in [3.8, 4) is 0 Å². The minimum absolute atomic E-state index is 0.352. The van der Waals surface area contributed by atoms with Crippen LogP contribution in [0.2, 0.25) is 0 Å². The molecule has 0 radical (unpaired) electrons. The van der Waals surface area contributed by atoms with Crippen LogP contribution in [0.1, 0.15) is 31.2 Å². The third kappa shape index (κ3) is 3.61. The van der Waals surface area contributed by atoms with Crippen LogP contribution in [0.25, 0.3) is 0 Å². The van der Waals surface area contributed by atoms with Crippen LogP contribution in [0, 0.1) is 0 Å². The summed E-state index contributed by atoms with van der Waals surface area (Å²) in [5.74, 6) is 0.352. The molecule has 0 saturated carbocycles. The minimum Gasteiger partial charge on any atom is -0.330 e. The molecule has 2 N–H and O–H groups in total. The summed E-state index contributed by atoms with van der Waals surface area (Å²) in [6.07, 6.45) is 3.19. The molecule has 0 aliphatic heterocycles. The maximum atomic E-state index is 11.4. The van der Waals surface area contributed by atoms with Gasteiger partial charge in [0.1, 0.15) is 0 Å². The van der Waals surface area contributed by atoms with Gasteiger partial charge in [-0.1, -0.05) is 19.1 Å². The van der Waals surface area contributed by atoms with E-state index in [2.05, 4.69) is 6.92 Å². The maximum absolute atomic E-state index is 11.4. The Morgan fingerprint density at radius 1 is 1.38 bits per heavy atom. The standard InChI is InChI=1S/C12H19NO2S/c1-10(5-4-8-13)11-6-3-7-12(9-11)16(2,14)15/h3,6-7,9-10H,4-5,8,13H2,1-2H3. The van der Waals surface area contributed by atoms with E-state index >= 15 is 0 Å². The van der Waals surface area contributed by atoms with Crippen molar-refractivity contribution in [1.29, 1.82) is 0 Å². The summed E-state index contributed by atoms with van der Waals surface area (Å²) in [7, 11) is -3.10. The van der Waals surface area contributed by atoms with Gasteiger partial charge in [0.05, 0.1) is 4.90 Å². The summed E-state index contributed by atoms with van der Waals surface area (Å²) in [5.41, 5.74) is 6.52. The van der Waals surface area contributed by atoms with Crippen LogP contribution in [-0.4, -0.2) is 21.2 Å². The molecule has 1 aromatic rings. The fourth-order valence-corrected chi connectivity index (χ4v) is 2.32. The summed E-state index contributed by atoms with van der Waals surface area (Å²) >= 11 is 0. The molecule has 0 amide bonds. The maximum Gasteiger partial charge on any atom is 0.175 e. The molecule has 16 heavy (non-hydrogen) atoms. The lowest BCUT2D eigenvalue weighted by molar-refractivity contribution is 0.600. The van der Waals surface area contributed by atoms with Crippen LogP contribution < -0.4 is 5.73 Å². The molecule has 1 unspecified atom stereocenters. The van der Waals surface area contributed by atoms with E-state index in [9.17, 15) is 8.42 Å². The zero-order valence-electron chi connectivity index (χ0n) is 9.81. The quantitative estimate of drug-likeness (QED) is 0.857. The molecule has 0 fully saturated rings. The smallest absolute Gasteiger partial charge is 0.175 e. The zero-order chi connectivity index (χ0) is 12.2. The number of hydrogen-bond donors (Lipinski definition) is 1. The first-order valence-electron chi connectivity index (χ1n) is 5.45. The van der Waals surface area contributed by atoms with E-state index in [1.807, 2.05) is 6.07 Å². The van der Waals surface area contributed by atoms with Crippen LogP contribution in [0.15, 0.2) is 29.2 Å². The highest BCUT2D eigenvalue weighted by Crippen LogP contribution is 2.22. The molecule has 4 heteroatoms.